The Kier molecular flexibility index (Phi) is 10.6. The Balaban J connectivity index is 2.57. The fraction of sp³-hybridized carbons (Fsp3) is 0.500. The van der Waals surface area contributed by atoms with Crippen LogP contribution >= 0.6 is 0 Å². The second-order valence-corrected chi connectivity index (χ2v) is 6.35. The molecule has 0 fully saturated rings. The van der Waals surface area contributed by atoms with Crippen LogP contribution in [0.25, 0.3) is 0 Å². The average Bonchev–Trinajstić information content (AvgIpc) is 2.64. The zero-order valence-electron chi connectivity index (χ0n) is 16.0. The quantitative estimate of drug-likeness (QED) is 0.290. The van der Waals surface area contributed by atoms with Gasteiger partial charge < -0.3 is 31.5 Å². The lowest BCUT2D eigenvalue weighted by Crippen LogP contribution is -2.05. The highest BCUT2D eigenvalue weighted by atomic mass is 16.5. The van der Waals surface area contributed by atoms with Gasteiger partial charge in [-0.2, -0.15) is 0 Å². The number of aromatic carboxylic acids is 1. The number of ether oxygens (including phenoxy) is 2. The van der Waals surface area contributed by atoms with Crippen molar-refractivity contribution in [2.24, 2.45) is 11.5 Å². The molecular formula is C20H31N3O4. The molecule has 27 heavy (non-hydrogen) atoms. The van der Waals surface area contributed by atoms with Gasteiger partial charge in [-0.15, -0.1) is 0 Å². The molecular weight excluding hydrogens is 346 g/mol. The van der Waals surface area contributed by atoms with Gasteiger partial charge in [0.15, 0.2) is 0 Å². The van der Waals surface area contributed by atoms with Crippen LogP contribution in [0.5, 0.6) is 11.5 Å². The van der Waals surface area contributed by atoms with Gasteiger partial charge in [-0.25, -0.2) is 4.79 Å². The number of benzene rings is 1. The predicted octanol–water partition coefficient (Wildman–Crippen LogP) is 3.32. The van der Waals surface area contributed by atoms with Crippen LogP contribution in [0.1, 0.15) is 55.8 Å². The minimum atomic E-state index is -1.03. The van der Waals surface area contributed by atoms with E-state index in [1.165, 1.54) is 18.3 Å². The van der Waals surface area contributed by atoms with Crippen molar-refractivity contribution in [1.29, 1.82) is 5.41 Å². The highest BCUT2D eigenvalue weighted by Crippen LogP contribution is 2.24. The number of rotatable bonds is 14. The fourth-order valence-electron chi connectivity index (χ4n) is 2.49. The maximum Gasteiger partial charge on any atom is 0.335 e. The molecule has 6 N–H and O–H groups in total. The molecule has 0 aliphatic heterocycles. The number of nitrogens with two attached hydrogens (primary N) is 2. The molecule has 0 aliphatic carbocycles. The topological polar surface area (TPSA) is 132 Å². The van der Waals surface area contributed by atoms with Crippen LogP contribution in [0.3, 0.4) is 0 Å². The van der Waals surface area contributed by atoms with Crippen LogP contribution in [0.4, 0.5) is 0 Å². The molecule has 0 radical (unpaired) electrons. The molecule has 150 valence electrons. The van der Waals surface area contributed by atoms with Gasteiger partial charge in [0, 0.05) is 18.0 Å². The van der Waals surface area contributed by atoms with Crippen LogP contribution in [-0.2, 0) is 0 Å². The zero-order chi connectivity index (χ0) is 20.1. The van der Waals surface area contributed by atoms with E-state index >= 15 is 0 Å². The van der Waals surface area contributed by atoms with E-state index in [1.54, 1.807) is 13.0 Å². The Bertz CT molecular complexity index is 640. The third-order valence-corrected chi connectivity index (χ3v) is 4.03. The summed E-state index contributed by atoms with van der Waals surface area (Å²) >= 11 is 0. The van der Waals surface area contributed by atoms with Gasteiger partial charge in [0.05, 0.1) is 18.8 Å². The summed E-state index contributed by atoms with van der Waals surface area (Å²) in [6, 6.07) is 4.69. The highest BCUT2D eigenvalue weighted by molar-refractivity contribution is 5.88. The van der Waals surface area contributed by atoms with Gasteiger partial charge in [-0.3, -0.25) is 0 Å². The van der Waals surface area contributed by atoms with Gasteiger partial charge in [0.1, 0.15) is 11.5 Å². The number of carboxylic acids is 1. The summed E-state index contributed by atoms with van der Waals surface area (Å²) < 4.78 is 11.4. The van der Waals surface area contributed by atoms with Crippen molar-refractivity contribution < 1.29 is 19.4 Å². The lowest BCUT2D eigenvalue weighted by molar-refractivity contribution is 0.0695. The first-order valence-corrected chi connectivity index (χ1v) is 9.27. The van der Waals surface area contributed by atoms with Gasteiger partial charge in [-0.1, -0.05) is 12.8 Å². The summed E-state index contributed by atoms with van der Waals surface area (Å²) in [5, 5.41) is 16.6. The monoisotopic (exact) mass is 377 g/mol. The SMILES string of the molecule is C/C(N)=C(/C=N)CCCOc1cc(OCCCCCCN)cc(C(=O)O)c1. The largest absolute Gasteiger partial charge is 0.493 e. The predicted molar refractivity (Wildman–Crippen MR) is 107 cm³/mol. The normalized spacial score (nSPS) is 11.6. The number of hydrogen-bond acceptors (Lipinski definition) is 6. The van der Waals surface area contributed by atoms with Crippen LogP contribution in [0, 0.1) is 5.41 Å². The molecule has 0 bridgehead atoms. The molecule has 1 aromatic rings. The van der Waals surface area contributed by atoms with Gasteiger partial charge in [-0.05, 0) is 56.9 Å². The smallest absolute Gasteiger partial charge is 0.335 e. The van der Waals surface area contributed by atoms with Crippen LogP contribution in [0.15, 0.2) is 29.5 Å². The number of carbonyl (C=O) groups is 1. The average molecular weight is 377 g/mol. The lowest BCUT2D eigenvalue weighted by Gasteiger charge is -2.11. The molecule has 7 heteroatoms. The summed E-state index contributed by atoms with van der Waals surface area (Å²) in [6.45, 7) is 3.38. The fourth-order valence-corrected chi connectivity index (χ4v) is 2.49. The number of nitrogens with one attached hydrogen (secondary N) is 1. The van der Waals surface area contributed by atoms with Crippen LogP contribution in [-0.4, -0.2) is 37.0 Å². The second-order valence-electron chi connectivity index (χ2n) is 6.35. The number of unbranched alkanes of at least 4 members (excludes halogenated alkanes) is 3. The lowest BCUT2D eigenvalue weighted by atomic mass is 10.1. The van der Waals surface area contributed by atoms with E-state index < -0.39 is 5.97 Å². The molecule has 0 aliphatic rings. The van der Waals surface area contributed by atoms with E-state index in [2.05, 4.69) is 0 Å². The summed E-state index contributed by atoms with van der Waals surface area (Å²) in [5.74, 6) is -0.0829. The molecule has 0 atom stereocenters. The van der Waals surface area contributed by atoms with Crippen molar-refractivity contribution in [3.05, 3.63) is 35.0 Å². The molecule has 0 aromatic heterocycles. The first-order chi connectivity index (χ1) is 13.0. The van der Waals surface area contributed by atoms with Crippen molar-refractivity contribution in [3.8, 4) is 11.5 Å². The number of carboxylic acid groups (broad SMARTS) is 1. The molecule has 1 rings (SSSR count). The molecule has 7 nitrogen and oxygen atoms in total. The summed E-state index contributed by atoms with van der Waals surface area (Å²) in [6.07, 6.45) is 6.56. The van der Waals surface area contributed by atoms with Crippen molar-refractivity contribution in [2.45, 2.75) is 45.4 Å². The second kappa shape index (κ2) is 12.8. The van der Waals surface area contributed by atoms with Gasteiger partial charge >= 0.3 is 5.97 Å². The van der Waals surface area contributed by atoms with Gasteiger partial charge in [0.2, 0.25) is 0 Å². The standard InChI is InChI=1S/C20H31N3O4/c1-15(23)16(14-22)7-6-10-27-19-12-17(20(24)25)11-18(13-19)26-9-5-3-2-4-8-21/h11-14,22H,2-10,21,23H2,1H3,(H,24,25)/b16-15-,22-14?. The molecule has 1 aromatic carbocycles. The van der Waals surface area contributed by atoms with Crippen LogP contribution in [0.2, 0.25) is 0 Å². The third kappa shape index (κ3) is 9.10. The molecule has 0 spiro atoms. The van der Waals surface area contributed by atoms with Crippen molar-refractivity contribution in [3.63, 3.8) is 0 Å². The summed E-state index contributed by atoms with van der Waals surface area (Å²) in [7, 11) is 0. The first-order valence-electron chi connectivity index (χ1n) is 9.27. The van der Waals surface area contributed by atoms with E-state index in [1.807, 2.05) is 0 Å². The highest BCUT2D eigenvalue weighted by Gasteiger charge is 2.09. The van der Waals surface area contributed by atoms with E-state index in [9.17, 15) is 9.90 Å². The van der Waals surface area contributed by atoms with E-state index in [0.717, 1.165) is 31.3 Å². The maximum absolute atomic E-state index is 11.3. The Morgan fingerprint density at radius 2 is 1.67 bits per heavy atom. The molecule has 0 saturated carbocycles. The van der Waals surface area contributed by atoms with Crippen LogP contribution < -0.4 is 20.9 Å². The Morgan fingerprint density at radius 1 is 1.07 bits per heavy atom. The van der Waals surface area contributed by atoms with Gasteiger partial charge in [0.25, 0.3) is 0 Å². The molecule has 0 saturated heterocycles. The summed E-state index contributed by atoms with van der Waals surface area (Å²) in [4.78, 5) is 11.3. The Morgan fingerprint density at radius 3 is 2.19 bits per heavy atom. The summed E-state index contributed by atoms with van der Waals surface area (Å²) in [5.41, 5.74) is 12.7. The molecule has 0 amide bonds. The van der Waals surface area contributed by atoms with E-state index in [4.69, 9.17) is 26.4 Å². The minimum absolute atomic E-state index is 0.128. The maximum atomic E-state index is 11.3. The number of allylic oxidation sites excluding steroid dienone is 2. The first kappa shape index (κ1) is 22.5. The molecule has 0 unspecified atom stereocenters. The Labute approximate surface area is 160 Å². The number of hydrogen-bond donors (Lipinski definition) is 4. The van der Waals surface area contributed by atoms with Crippen molar-refractivity contribution in [1.82, 2.24) is 0 Å². The Hall–Kier alpha value is -2.54. The third-order valence-electron chi connectivity index (χ3n) is 4.03. The van der Waals surface area contributed by atoms with E-state index in [-0.39, 0.29) is 5.56 Å². The zero-order valence-corrected chi connectivity index (χ0v) is 16.0. The van der Waals surface area contributed by atoms with Crippen molar-refractivity contribution >= 4 is 12.2 Å². The van der Waals surface area contributed by atoms with E-state index in [0.29, 0.717) is 49.8 Å². The minimum Gasteiger partial charge on any atom is -0.493 e. The molecule has 0 heterocycles. The van der Waals surface area contributed by atoms with Crippen molar-refractivity contribution in [2.75, 3.05) is 19.8 Å².